The van der Waals surface area contributed by atoms with Crippen LogP contribution in [0, 0.1) is 0 Å². The minimum absolute atomic E-state index is 0.00511. The van der Waals surface area contributed by atoms with E-state index in [9.17, 15) is 18.0 Å². The number of rotatable bonds is 7. The number of nitrogens with zero attached hydrogens (tertiary/aromatic N) is 3. The fourth-order valence-corrected chi connectivity index (χ4v) is 8.13. The summed E-state index contributed by atoms with van der Waals surface area (Å²) in [6.07, 6.45) is 8.39. The number of nitrogens with one attached hydrogen (secondary N) is 1. The predicted molar refractivity (Wildman–Crippen MR) is 142 cm³/mol. The topological polar surface area (TPSA) is 90.0 Å². The number of likely N-dealkylation sites (tertiary alicyclic amines) is 2. The van der Waals surface area contributed by atoms with E-state index in [1.165, 1.54) is 4.90 Å². The summed E-state index contributed by atoms with van der Waals surface area (Å²) in [4.78, 5) is 32.2. The predicted octanol–water partition coefficient (Wildman–Crippen LogP) is 3.08. The van der Waals surface area contributed by atoms with Gasteiger partial charge in [-0.25, -0.2) is 8.42 Å². The molecule has 8 nitrogen and oxygen atoms in total. The minimum atomic E-state index is -3.89. The van der Waals surface area contributed by atoms with Gasteiger partial charge in [-0.15, -0.1) is 11.3 Å². The molecule has 2 unspecified atom stereocenters. The molecular formula is C25H31ClN4O4S2. The van der Waals surface area contributed by atoms with Crippen molar-refractivity contribution in [2.24, 2.45) is 0 Å². The lowest BCUT2D eigenvalue weighted by Gasteiger charge is -2.35. The molecule has 4 heterocycles. The minimum Gasteiger partial charge on any atom is -0.337 e. The molecule has 2 amide bonds. The number of hydrogen-bond acceptors (Lipinski definition) is 6. The second-order valence-electron chi connectivity index (χ2n) is 9.73. The first kappa shape index (κ1) is 25.7. The number of fused-ring (bicyclic) bond motifs is 1. The van der Waals surface area contributed by atoms with Gasteiger partial charge in [-0.3, -0.25) is 14.5 Å². The molecule has 0 bridgehead atoms. The largest absolute Gasteiger partial charge is 0.337 e. The molecule has 0 aliphatic carbocycles. The van der Waals surface area contributed by atoms with Crippen molar-refractivity contribution < 1.29 is 18.0 Å². The standard InChI is InChI=1S/C25H31ClN4O4S2/c26-19-8-9-22-18(14-19)15-24(35-22)36(33,34)27-21-7-5-12-29(25(21)32)17-23(31)30-13-4-6-20(30)16-28-10-2-1-3-11-28/h1-2,8-9,14-15,20-21,27H,3-7,10-13,16-17H2. The van der Waals surface area contributed by atoms with E-state index in [0.717, 1.165) is 60.3 Å². The molecule has 2 aromatic rings. The summed E-state index contributed by atoms with van der Waals surface area (Å²) in [6, 6.07) is 6.10. The van der Waals surface area contributed by atoms with Gasteiger partial charge in [-0.1, -0.05) is 23.8 Å². The van der Waals surface area contributed by atoms with Gasteiger partial charge in [0.05, 0.1) is 6.54 Å². The quantitative estimate of drug-likeness (QED) is 0.535. The molecular weight excluding hydrogens is 520 g/mol. The number of sulfonamides is 1. The van der Waals surface area contributed by atoms with E-state index in [4.69, 9.17) is 11.6 Å². The normalized spacial score (nSPS) is 23.6. The number of benzene rings is 1. The van der Waals surface area contributed by atoms with Gasteiger partial charge in [0.1, 0.15) is 10.3 Å². The summed E-state index contributed by atoms with van der Waals surface area (Å²) >= 11 is 7.18. The Kier molecular flexibility index (Phi) is 7.69. The van der Waals surface area contributed by atoms with Crippen LogP contribution in [0.4, 0.5) is 0 Å². The molecule has 2 saturated heterocycles. The highest BCUT2D eigenvalue weighted by Crippen LogP contribution is 2.31. The van der Waals surface area contributed by atoms with Gasteiger partial charge in [0.25, 0.3) is 10.0 Å². The van der Waals surface area contributed by atoms with E-state index in [1.54, 1.807) is 24.3 Å². The third-order valence-electron chi connectivity index (χ3n) is 7.18. The molecule has 194 valence electrons. The van der Waals surface area contributed by atoms with E-state index in [0.29, 0.717) is 31.0 Å². The first-order valence-corrected chi connectivity index (χ1v) is 15.1. The molecule has 0 spiro atoms. The van der Waals surface area contributed by atoms with Crippen LogP contribution in [0.15, 0.2) is 40.6 Å². The van der Waals surface area contributed by atoms with Crippen LogP contribution in [-0.4, -0.2) is 86.3 Å². The Balaban J connectivity index is 1.22. The van der Waals surface area contributed by atoms with Crippen molar-refractivity contribution in [3.63, 3.8) is 0 Å². The Hall–Kier alpha value is -1.98. The molecule has 2 fully saturated rings. The zero-order valence-corrected chi connectivity index (χ0v) is 22.5. The number of amides is 2. The van der Waals surface area contributed by atoms with E-state index in [2.05, 4.69) is 21.8 Å². The first-order valence-electron chi connectivity index (χ1n) is 12.5. The van der Waals surface area contributed by atoms with Crippen molar-refractivity contribution in [3.8, 4) is 0 Å². The Morgan fingerprint density at radius 1 is 1.11 bits per heavy atom. The maximum atomic E-state index is 13.2. The Morgan fingerprint density at radius 2 is 1.94 bits per heavy atom. The summed E-state index contributed by atoms with van der Waals surface area (Å²) in [6.45, 7) is 3.94. The molecule has 1 aromatic heterocycles. The molecule has 2 atom stereocenters. The zero-order chi connectivity index (χ0) is 25.3. The second-order valence-corrected chi connectivity index (χ2v) is 13.2. The van der Waals surface area contributed by atoms with Gasteiger partial charge in [0.2, 0.25) is 11.8 Å². The van der Waals surface area contributed by atoms with Gasteiger partial charge in [-0.05, 0) is 61.8 Å². The van der Waals surface area contributed by atoms with E-state index >= 15 is 0 Å². The van der Waals surface area contributed by atoms with E-state index in [-0.39, 0.29) is 28.6 Å². The molecule has 1 N–H and O–H groups in total. The van der Waals surface area contributed by atoms with Crippen LogP contribution in [0.2, 0.25) is 5.02 Å². The van der Waals surface area contributed by atoms with Crippen molar-refractivity contribution in [3.05, 3.63) is 41.4 Å². The van der Waals surface area contributed by atoms with Crippen molar-refractivity contribution in [1.29, 1.82) is 0 Å². The van der Waals surface area contributed by atoms with Crippen molar-refractivity contribution in [2.75, 3.05) is 39.3 Å². The highest BCUT2D eigenvalue weighted by atomic mass is 35.5. The van der Waals surface area contributed by atoms with Gasteiger partial charge < -0.3 is 9.80 Å². The van der Waals surface area contributed by atoms with Crippen LogP contribution in [0.5, 0.6) is 0 Å². The smallest absolute Gasteiger partial charge is 0.250 e. The van der Waals surface area contributed by atoms with Crippen LogP contribution in [0.25, 0.3) is 10.1 Å². The van der Waals surface area contributed by atoms with Crippen LogP contribution in [-0.2, 0) is 19.6 Å². The SMILES string of the molecule is O=C1C(NS(=O)(=O)c2cc3cc(Cl)ccc3s2)CCCN1CC(=O)N1CCCC1CN1CC=CCC1. The van der Waals surface area contributed by atoms with Crippen LogP contribution in [0.3, 0.4) is 0 Å². The molecule has 36 heavy (non-hydrogen) atoms. The number of halogens is 1. The summed E-state index contributed by atoms with van der Waals surface area (Å²) < 4.78 is 29.7. The lowest BCUT2D eigenvalue weighted by atomic mass is 10.1. The van der Waals surface area contributed by atoms with Crippen LogP contribution >= 0.6 is 22.9 Å². The molecule has 3 aliphatic heterocycles. The summed E-state index contributed by atoms with van der Waals surface area (Å²) in [5.74, 6) is -0.387. The van der Waals surface area contributed by atoms with Crippen LogP contribution in [0.1, 0.15) is 32.1 Å². The zero-order valence-electron chi connectivity index (χ0n) is 20.1. The summed E-state index contributed by atoms with van der Waals surface area (Å²) in [7, 11) is -3.89. The number of carbonyl (C=O) groups excluding carboxylic acids is 2. The maximum Gasteiger partial charge on any atom is 0.250 e. The summed E-state index contributed by atoms with van der Waals surface area (Å²) in [5, 5.41) is 1.28. The molecule has 0 radical (unpaired) electrons. The summed E-state index contributed by atoms with van der Waals surface area (Å²) in [5.41, 5.74) is 0. The Labute approximate surface area is 220 Å². The number of carbonyl (C=O) groups is 2. The number of thiophene rings is 1. The third-order valence-corrected chi connectivity index (χ3v) is 10.5. The van der Waals surface area contributed by atoms with Gasteiger partial charge in [0.15, 0.2) is 0 Å². The second kappa shape index (κ2) is 10.8. The average Bonchev–Trinajstić information content (AvgIpc) is 3.49. The van der Waals surface area contributed by atoms with Gasteiger partial charge in [-0.2, -0.15) is 4.72 Å². The fraction of sp³-hybridized carbons (Fsp3) is 0.520. The highest BCUT2D eigenvalue weighted by molar-refractivity contribution is 7.91. The number of hydrogen-bond donors (Lipinski definition) is 1. The molecule has 5 rings (SSSR count). The van der Waals surface area contributed by atoms with Crippen LogP contribution < -0.4 is 4.72 Å². The maximum absolute atomic E-state index is 13.2. The van der Waals surface area contributed by atoms with Crippen molar-refractivity contribution in [2.45, 2.75) is 48.4 Å². The Morgan fingerprint density at radius 3 is 2.75 bits per heavy atom. The number of piperidine rings is 1. The molecule has 3 aliphatic rings. The lowest BCUT2D eigenvalue weighted by Crippen LogP contribution is -2.55. The lowest BCUT2D eigenvalue weighted by molar-refractivity contribution is -0.143. The van der Waals surface area contributed by atoms with Crippen molar-refractivity contribution in [1.82, 2.24) is 19.4 Å². The molecule has 0 saturated carbocycles. The Bertz CT molecular complexity index is 1280. The highest BCUT2D eigenvalue weighted by Gasteiger charge is 2.36. The monoisotopic (exact) mass is 550 g/mol. The first-order chi connectivity index (χ1) is 17.3. The third kappa shape index (κ3) is 5.62. The van der Waals surface area contributed by atoms with E-state index < -0.39 is 16.1 Å². The van der Waals surface area contributed by atoms with Gasteiger partial charge >= 0.3 is 0 Å². The van der Waals surface area contributed by atoms with Crippen molar-refractivity contribution >= 4 is 54.9 Å². The molecule has 11 heteroatoms. The van der Waals surface area contributed by atoms with E-state index in [1.807, 2.05) is 4.90 Å². The average molecular weight is 551 g/mol. The fourth-order valence-electron chi connectivity index (χ4n) is 5.34. The molecule has 1 aromatic carbocycles. The van der Waals surface area contributed by atoms with Gasteiger partial charge in [0, 0.05) is 48.5 Å².